The minimum atomic E-state index is 0.322. The monoisotopic (exact) mass is 164 g/mol. The summed E-state index contributed by atoms with van der Waals surface area (Å²) in [6.07, 6.45) is 2.39. The van der Waals surface area contributed by atoms with Crippen LogP contribution in [0.4, 0.5) is 0 Å². The van der Waals surface area contributed by atoms with Crippen LogP contribution in [0.2, 0.25) is 0 Å². The molecule has 1 aromatic carbocycles. The smallest absolute Gasteiger partial charge is 0.161 e. The standard InChI is InChI=1S/C10H12O2/c1-12-9-4-2-3-8(10(9)11)7-5-6-7/h2-4,7,11H,5-6H2,1H3. The van der Waals surface area contributed by atoms with E-state index in [-0.39, 0.29) is 0 Å². The summed E-state index contributed by atoms with van der Waals surface area (Å²) in [6.45, 7) is 0. The van der Waals surface area contributed by atoms with Crippen molar-refractivity contribution in [2.75, 3.05) is 7.11 Å². The molecule has 1 saturated carbocycles. The van der Waals surface area contributed by atoms with Gasteiger partial charge in [-0.05, 0) is 24.8 Å². The second-order valence-electron chi connectivity index (χ2n) is 3.17. The number of methoxy groups -OCH3 is 1. The average molecular weight is 164 g/mol. The van der Waals surface area contributed by atoms with Crippen LogP contribution in [0.25, 0.3) is 0 Å². The van der Waals surface area contributed by atoms with E-state index in [0.717, 1.165) is 5.56 Å². The van der Waals surface area contributed by atoms with Gasteiger partial charge in [-0.15, -0.1) is 0 Å². The van der Waals surface area contributed by atoms with E-state index in [0.29, 0.717) is 17.4 Å². The molecule has 0 spiro atoms. The molecule has 0 bridgehead atoms. The van der Waals surface area contributed by atoms with Crippen LogP contribution in [0, 0.1) is 0 Å². The van der Waals surface area contributed by atoms with Crippen LogP contribution in [0.3, 0.4) is 0 Å². The number of phenols is 1. The van der Waals surface area contributed by atoms with Crippen molar-refractivity contribution >= 4 is 0 Å². The summed E-state index contributed by atoms with van der Waals surface area (Å²) in [5, 5.41) is 9.67. The Labute approximate surface area is 71.8 Å². The Morgan fingerprint density at radius 2 is 2.17 bits per heavy atom. The van der Waals surface area contributed by atoms with Gasteiger partial charge in [0.2, 0.25) is 0 Å². The quantitative estimate of drug-likeness (QED) is 0.726. The number of phenolic OH excluding ortho intramolecular Hbond substituents is 1. The van der Waals surface area contributed by atoms with Crippen LogP contribution in [-0.2, 0) is 0 Å². The number of benzene rings is 1. The summed E-state index contributed by atoms with van der Waals surface area (Å²) in [7, 11) is 1.58. The third-order valence-corrected chi connectivity index (χ3v) is 2.27. The Morgan fingerprint density at radius 1 is 1.42 bits per heavy atom. The number of para-hydroxylation sites is 1. The molecule has 0 aromatic heterocycles. The zero-order valence-electron chi connectivity index (χ0n) is 7.08. The molecule has 1 fully saturated rings. The Bertz CT molecular complexity index is 290. The zero-order valence-corrected chi connectivity index (χ0v) is 7.08. The second-order valence-corrected chi connectivity index (χ2v) is 3.17. The molecule has 0 unspecified atom stereocenters. The Morgan fingerprint density at radius 3 is 2.75 bits per heavy atom. The van der Waals surface area contributed by atoms with E-state index >= 15 is 0 Å². The van der Waals surface area contributed by atoms with E-state index in [4.69, 9.17) is 4.74 Å². The van der Waals surface area contributed by atoms with Gasteiger partial charge in [0.05, 0.1) is 7.11 Å². The minimum absolute atomic E-state index is 0.322. The fourth-order valence-corrected chi connectivity index (χ4v) is 1.43. The molecule has 0 heterocycles. The average Bonchev–Trinajstić information content (AvgIpc) is 2.88. The number of rotatable bonds is 2. The molecule has 1 N–H and O–H groups in total. The first-order valence-electron chi connectivity index (χ1n) is 4.19. The van der Waals surface area contributed by atoms with Crippen molar-refractivity contribution in [2.45, 2.75) is 18.8 Å². The lowest BCUT2D eigenvalue weighted by atomic mass is 10.1. The van der Waals surface area contributed by atoms with Gasteiger partial charge in [-0.1, -0.05) is 12.1 Å². The first-order chi connectivity index (χ1) is 5.83. The molecule has 1 aliphatic rings. The maximum absolute atomic E-state index is 9.67. The number of hydrogen-bond donors (Lipinski definition) is 1. The normalized spacial score (nSPS) is 16.1. The predicted molar refractivity (Wildman–Crippen MR) is 46.6 cm³/mol. The Balaban J connectivity index is 2.40. The molecular weight excluding hydrogens is 152 g/mol. The van der Waals surface area contributed by atoms with Gasteiger partial charge in [0.15, 0.2) is 11.5 Å². The van der Waals surface area contributed by atoms with Crippen LogP contribution in [0.5, 0.6) is 11.5 Å². The van der Waals surface area contributed by atoms with Gasteiger partial charge >= 0.3 is 0 Å². The number of ether oxygens (including phenoxy) is 1. The van der Waals surface area contributed by atoms with E-state index in [1.54, 1.807) is 13.2 Å². The summed E-state index contributed by atoms with van der Waals surface area (Å²) in [5.41, 5.74) is 1.04. The van der Waals surface area contributed by atoms with Crippen molar-refractivity contribution in [3.8, 4) is 11.5 Å². The SMILES string of the molecule is COc1cccc(C2CC2)c1O. The van der Waals surface area contributed by atoms with E-state index in [1.807, 2.05) is 12.1 Å². The third-order valence-electron chi connectivity index (χ3n) is 2.27. The maximum atomic E-state index is 9.67. The van der Waals surface area contributed by atoms with Crippen molar-refractivity contribution in [1.29, 1.82) is 0 Å². The van der Waals surface area contributed by atoms with Crippen LogP contribution in [0.15, 0.2) is 18.2 Å². The third kappa shape index (κ3) is 1.13. The summed E-state index contributed by atoms with van der Waals surface area (Å²) < 4.78 is 5.01. The molecule has 2 heteroatoms. The fourth-order valence-electron chi connectivity index (χ4n) is 1.43. The second kappa shape index (κ2) is 2.70. The first-order valence-corrected chi connectivity index (χ1v) is 4.19. The maximum Gasteiger partial charge on any atom is 0.161 e. The molecule has 1 aliphatic carbocycles. The molecule has 2 rings (SSSR count). The molecular formula is C10H12O2. The van der Waals surface area contributed by atoms with Crippen molar-refractivity contribution < 1.29 is 9.84 Å². The Kier molecular flexibility index (Phi) is 1.68. The summed E-state index contributed by atoms with van der Waals surface area (Å²) >= 11 is 0. The Hall–Kier alpha value is -1.18. The molecule has 0 saturated heterocycles. The van der Waals surface area contributed by atoms with Crippen LogP contribution in [0.1, 0.15) is 24.3 Å². The summed E-state index contributed by atoms with van der Waals surface area (Å²) in [6, 6.07) is 5.67. The number of aromatic hydroxyl groups is 1. The first kappa shape index (κ1) is 7.47. The van der Waals surface area contributed by atoms with Crippen molar-refractivity contribution in [1.82, 2.24) is 0 Å². The van der Waals surface area contributed by atoms with Gasteiger partial charge in [-0.25, -0.2) is 0 Å². The van der Waals surface area contributed by atoms with Crippen LogP contribution in [-0.4, -0.2) is 12.2 Å². The molecule has 0 atom stereocenters. The van der Waals surface area contributed by atoms with E-state index in [9.17, 15) is 5.11 Å². The van der Waals surface area contributed by atoms with Crippen molar-refractivity contribution in [3.05, 3.63) is 23.8 Å². The highest BCUT2D eigenvalue weighted by molar-refractivity contribution is 5.48. The lowest BCUT2D eigenvalue weighted by molar-refractivity contribution is 0.370. The highest BCUT2D eigenvalue weighted by atomic mass is 16.5. The minimum Gasteiger partial charge on any atom is -0.504 e. The van der Waals surface area contributed by atoms with Gasteiger partial charge in [0.1, 0.15) is 0 Å². The van der Waals surface area contributed by atoms with E-state index < -0.39 is 0 Å². The van der Waals surface area contributed by atoms with Crippen LogP contribution >= 0.6 is 0 Å². The van der Waals surface area contributed by atoms with Crippen molar-refractivity contribution in [2.24, 2.45) is 0 Å². The van der Waals surface area contributed by atoms with Gasteiger partial charge < -0.3 is 9.84 Å². The fraction of sp³-hybridized carbons (Fsp3) is 0.400. The summed E-state index contributed by atoms with van der Waals surface area (Å²) in [5.74, 6) is 1.47. The largest absolute Gasteiger partial charge is 0.504 e. The molecule has 64 valence electrons. The highest BCUT2D eigenvalue weighted by Crippen LogP contribution is 2.46. The van der Waals surface area contributed by atoms with Gasteiger partial charge in [0, 0.05) is 5.56 Å². The molecule has 0 amide bonds. The topological polar surface area (TPSA) is 29.5 Å². The molecule has 0 aliphatic heterocycles. The lowest BCUT2D eigenvalue weighted by Gasteiger charge is -2.06. The predicted octanol–water partition coefficient (Wildman–Crippen LogP) is 2.28. The van der Waals surface area contributed by atoms with Crippen LogP contribution < -0.4 is 4.74 Å². The highest BCUT2D eigenvalue weighted by Gasteiger charge is 2.27. The molecule has 12 heavy (non-hydrogen) atoms. The van der Waals surface area contributed by atoms with Gasteiger partial charge in [-0.3, -0.25) is 0 Å². The van der Waals surface area contributed by atoms with E-state index in [2.05, 4.69) is 0 Å². The zero-order chi connectivity index (χ0) is 8.55. The number of hydrogen-bond acceptors (Lipinski definition) is 2. The van der Waals surface area contributed by atoms with Crippen molar-refractivity contribution in [3.63, 3.8) is 0 Å². The molecule has 0 radical (unpaired) electrons. The lowest BCUT2D eigenvalue weighted by Crippen LogP contribution is -1.87. The molecule has 2 nitrogen and oxygen atoms in total. The van der Waals surface area contributed by atoms with E-state index in [1.165, 1.54) is 12.8 Å². The van der Waals surface area contributed by atoms with Gasteiger partial charge in [0.25, 0.3) is 0 Å². The summed E-state index contributed by atoms with van der Waals surface area (Å²) in [4.78, 5) is 0. The van der Waals surface area contributed by atoms with Gasteiger partial charge in [-0.2, -0.15) is 0 Å². The molecule has 1 aromatic rings.